The van der Waals surface area contributed by atoms with Gasteiger partial charge in [0.1, 0.15) is 5.69 Å². The molecule has 0 aliphatic carbocycles. The van der Waals surface area contributed by atoms with E-state index in [0.717, 1.165) is 5.56 Å². The molecular formula is C20H20N4O2S. The highest BCUT2D eigenvalue weighted by Crippen LogP contribution is 2.32. The number of nitrogens with zero attached hydrogens (tertiary/aromatic N) is 3. The molecule has 0 radical (unpaired) electrons. The molecule has 0 aliphatic heterocycles. The molecular weight excluding hydrogens is 360 g/mol. The van der Waals surface area contributed by atoms with Crippen molar-refractivity contribution in [3.8, 4) is 6.07 Å². The molecule has 0 unspecified atom stereocenters. The van der Waals surface area contributed by atoms with Gasteiger partial charge >= 0.3 is 0 Å². The summed E-state index contributed by atoms with van der Waals surface area (Å²) in [5.74, 6) is 0.311. The predicted molar refractivity (Wildman–Crippen MR) is 105 cm³/mol. The van der Waals surface area contributed by atoms with Gasteiger partial charge in [-0.15, -0.1) is 0 Å². The summed E-state index contributed by atoms with van der Waals surface area (Å²) in [7, 11) is -3.95. The third kappa shape index (κ3) is 3.76. The van der Waals surface area contributed by atoms with Crippen LogP contribution in [0.25, 0.3) is 11.0 Å². The van der Waals surface area contributed by atoms with Crippen LogP contribution in [0.5, 0.6) is 0 Å². The fraction of sp³-hybridized carbons (Fsp3) is 0.250. The van der Waals surface area contributed by atoms with Crippen LogP contribution in [-0.2, 0) is 9.84 Å². The van der Waals surface area contributed by atoms with Crippen LogP contribution in [0, 0.1) is 18.3 Å². The second-order valence-electron chi connectivity index (χ2n) is 6.61. The molecule has 0 spiro atoms. The van der Waals surface area contributed by atoms with Crippen LogP contribution in [0.2, 0.25) is 0 Å². The lowest BCUT2D eigenvalue weighted by Crippen LogP contribution is -2.20. The average Bonchev–Trinajstić information content (AvgIpc) is 2.62. The van der Waals surface area contributed by atoms with Crippen molar-refractivity contribution in [1.82, 2.24) is 9.97 Å². The first-order valence-electron chi connectivity index (χ1n) is 8.56. The number of rotatable bonds is 5. The first kappa shape index (κ1) is 18.8. The fourth-order valence-corrected chi connectivity index (χ4v) is 4.10. The van der Waals surface area contributed by atoms with Crippen LogP contribution in [-0.4, -0.2) is 24.4 Å². The van der Waals surface area contributed by atoms with Gasteiger partial charge in [-0.25, -0.2) is 18.4 Å². The second-order valence-corrected chi connectivity index (χ2v) is 8.65. The molecule has 138 valence electrons. The molecule has 0 saturated carbocycles. The summed E-state index contributed by atoms with van der Waals surface area (Å²) < 4.78 is 26.3. The summed E-state index contributed by atoms with van der Waals surface area (Å²) in [6.07, 6.45) is 0. The number of para-hydroxylation sites is 2. The lowest BCUT2D eigenvalue weighted by Gasteiger charge is -2.17. The van der Waals surface area contributed by atoms with Crippen molar-refractivity contribution in [2.75, 3.05) is 5.32 Å². The monoisotopic (exact) mass is 380 g/mol. The molecule has 3 aromatic rings. The van der Waals surface area contributed by atoms with E-state index < -0.39 is 15.1 Å². The van der Waals surface area contributed by atoms with Gasteiger partial charge in [-0.3, -0.25) is 0 Å². The molecule has 2 aromatic carbocycles. The van der Waals surface area contributed by atoms with Crippen LogP contribution < -0.4 is 5.32 Å². The van der Waals surface area contributed by atoms with Crippen molar-refractivity contribution in [2.45, 2.75) is 37.0 Å². The number of hydrogen-bond donors (Lipinski definition) is 1. The maximum Gasteiger partial charge on any atom is 0.200 e. The molecule has 1 N–H and O–H groups in total. The summed E-state index contributed by atoms with van der Waals surface area (Å²) in [4.78, 5) is 9.09. The van der Waals surface area contributed by atoms with E-state index in [-0.39, 0.29) is 16.6 Å². The highest BCUT2D eigenvalue weighted by Gasteiger charge is 2.33. The fourth-order valence-electron chi connectivity index (χ4n) is 2.72. The number of fused-ring (bicyclic) bond motifs is 1. The molecule has 27 heavy (non-hydrogen) atoms. The van der Waals surface area contributed by atoms with E-state index in [4.69, 9.17) is 0 Å². The van der Waals surface area contributed by atoms with E-state index in [2.05, 4.69) is 15.3 Å². The van der Waals surface area contributed by atoms with E-state index in [9.17, 15) is 13.7 Å². The number of benzene rings is 2. The molecule has 0 saturated heterocycles. The number of sulfone groups is 1. The van der Waals surface area contributed by atoms with Gasteiger partial charge in [0.05, 0.1) is 22.0 Å². The molecule has 0 bridgehead atoms. The van der Waals surface area contributed by atoms with Crippen molar-refractivity contribution in [3.63, 3.8) is 0 Å². The maximum atomic E-state index is 13.1. The summed E-state index contributed by atoms with van der Waals surface area (Å²) in [5.41, 5.74) is 2.23. The minimum atomic E-state index is -3.95. The molecule has 3 rings (SSSR count). The first-order valence-corrected chi connectivity index (χ1v) is 10.1. The van der Waals surface area contributed by atoms with Gasteiger partial charge in [-0.05, 0) is 45.0 Å². The van der Waals surface area contributed by atoms with E-state index >= 15 is 0 Å². The maximum absolute atomic E-state index is 13.1. The Morgan fingerprint density at radius 2 is 1.59 bits per heavy atom. The second kappa shape index (κ2) is 7.33. The topological polar surface area (TPSA) is 95.7 Å². The summed E-state index contributed by atoms with van der Waals surface area (Å²) in [6.45, 7) is 5.70. The minimum absolute atomic E-state index is 0.000587. The SMILES string of the molecule is Cc1ccc(S(=O)(=O)[C@@H](C#N)c2nc3ccccc3nc2NC(C)C)cc1. The standard InChI is InChI=1S/C20H20N4O2S/c1-13(2)22-20-19(23-16-6-4-5-7-17(16)24-20)18(12-21)27(25,26)15-10-8-14(3)9-11-15/h4-11,13,18H,1-3H3,(H,22,24)/t18-/m0/s1. The van der Waals surface area contributed by atoms with Crippen molar-refractivity contribution in [1.29, 1.82) is 5.26 Å². The van der Waals surface area contributed by atoms with Gasteiger partial charge in [-0.2, -0.15) is 5.26 Å². The Morgan fingerprint density at radius 3 is 2.15 bits per heavy atom. The lowest BCUT2D eigenvalue weighted by atomic mass is 10.2. The van der Waals surface area contributed by atoms with E-state index in [0.29, 0.717) is 16.9 Å². The number of aromatic nitrogens is 2. The predicted octanol–water partition coefficient (Wildman–Crippen LogP) is 3.80. The summed E-state index contributed by atoms with van der Waals surface area (Å²) in [5, 5.41) is 11.4. The number of nitriles is 1. The zero-order chi connectivity index (χ0) is 19.6. The highest BCUT2D eigenvalue weighted by atomic mass is 32.2. The normalized spacial score (nSPS) is 12.7. The van der Waals surface area contributed by atoms with E-state index in [1.54, 1.807) is 30.3 Å². The Hall–Kier alpha value is -2.98. The Balaban J connectivity index is 2.20. The zero-order valence-electron chi connectivity index (χ0n) is 15.3. The number of nitrogens with one attached hydrogen (secondary N) is 1. The molecule has 0 aliphatic rings. The lowest BCUT2D eigenvalue weighted by molar-refractivity contribution is 0.590. The quantitative estimate of drug-likeness (QED) is 0.723. The minimum Gasteiger partial charge on any atom is -0.366 e. The smallest absolute Gasteiger partial charge is 0.200 e. The van der Waals surface area contributed by atoms with Crippen LogP contribution in [0.1, 0.15) is 30.4 Å². The molecule has 7 heteroatoms. The van der Waals surface area contributed by atoms with Crippen LogP contribution in [0.4, 0.5) is 5.82 Å². The van der Waals surface area contributed by atoms with Crippen molar-refractivity contribution in [2.24, 2.45) is 0 Å². The largest absolute Gasteiger partial charge is 0.366 e. The van der Waals surface area contributed by atoms with Crippen molar-refractivity contribution in [3.05, 3.63) is 59.8 Å². The van der Waals surface area contributed by atoms with Gasteiger partial charge in [0.25, 0.3) is 0 Å². The number of aryl methyl sites for hydroxylation is 1. The third-order valence-corrected chi connectivity index (χ3v) is 5.93. The van der Waals surface area contributed by atoms with Crippen LogP contribution >= 0.6 is 0 Å². The van der Waals surface area contributed by atoms with Crippen molar-refractivity contribution < 1.29 is 8.42 Å². The first-order chi connectivity index (χ1) is 12.8. The third-order valence-electron chi connectivity index (χ3n) is 4.05. The van der Waals surface area contributed by atoms with Crippen LogP contribution in [0.3, 0.4) is 0 Å². The Bertz CT molecular complexity index is 1120. The summed E-state index contributed by atoms with van der Waals surface area (Å²) >= 11 is 0. The Kier molecular flexibility index (Phi) is 5.10. The Labute approximate surface area is 158 Å². The molecule has 6 nitrogen and oxygen atoms in total. The molecule has 0 fully saturated rings. The molecule has 1 atom stereocenters. The van der Waals surface area contributed by atoms with Gasteiger partial charge < -0.3 is 5.32 Å². The van der Waals surface area contributed by atoms with Gasteiger partial charge in [0, 0.05) is 6.04 Å². The van der Waals surface area contributed by atoms with Crippen molar-refractivity contribution >= 4 is 26.7 Å². The average molecular weight is 380 g/mol. The number of anilines is 1. The van der Waals surface area contributed by atoms with E-state index in [1.807, 2.05) is 32.9 Å². The molecule has 1 heterocycles. The summed E-state index contributed by atoms with van der Waals surface area (Å²) in [6, 6.07) is 15.5. The zero-order valence-corrected chi connectivity index (χ0v) is 16.2. The van der Waals surface area contributed by atoms with Gasteiger partial charge in [-0.1, -0.05) is 29.8 Å². The molecule has 0 amide bonds. The van der Waals surface area contributed by atoms with Crippen LogP contribution in [0.15, 0.2) is 53.4 Å². The number of hydrogen-bond acceptors (Lipinski definition) is 6. The highest BCUT2D eigenvalue weighted by molar-refractivity contribution is 7.92. The van der Waals surface area contributed by atoms with E-state index in [1.165, 1.54) is 12.1 Å². The van der Waals surface area contributed by atoms with Gasteiger partial charge in [0.2, 0.25) is 9.84 Å². The van der Waals surface area contributed by atoms with Gasteiger partial charge in [0.15, 0.2) is 11.1 Å². The Morgan fingerprint density at radius 1 is 1.00 bits per heavy atom. The molecule has 1 aromatic heterocycles.